The highest BCUT2D eigenvalue weighted by Gasteiger charge is 2.32. The Morgan fingerprint density at radius 1 is 1.60 bits per heavy atom. The number of nitrogens with two attached hydrogens (primary N) is 1. The Morgan fingerprint density at radius 3 is 2.87 bits per heavy atom. The number of likely N-dealkylation sites (N-methyl/N-ethyl adjacent to an activating group) is 1. The fourth-order valence-corrected chi connectivity index (χ4v) is 2.70. The minimum Gasteiger partial charge on any atom is -0.324 e. The van der Waals surface area contributed by atoms with Crippen molar-refractivity contribution in [3.8, 4) is 12.3 Å². The molecule has 2 N–H and O–H groups in total. The van der Waals surface area contributed by atoms with Gasteiger partial charge in [0.15, 0.2) is 0 Å². The summed E-state index contributed by atoms with van der Waals surface area (Å²) in [4.78, 5) is 2.28. The summed E-state index contributed by atoms with van der Waals surface area (Å²) in [6, 6.07) is 0. The lowest BCUT2D eigenvalue weighted by Gasteiger charge is -2.39. The van der Waals surface area contributed by atoms with Crippen molar-refractivity contribution in [1.29, 1.82) is 0 Å². The van der Waals surface area contributed by atoms with Crippen LogP contribution in [0, 0.1) is 18.3 Å². The molecule has 0 bridgehead atoms. The number of rotatable bonds is 4. The van der Waals surface area contributed by atoms with Crippen LogP contribution < -0.4 is 5.73 Å². The topological polar surface area (TPSA) is 29.3 Å². The molecule has 0 aromatic heterocycles. The Hall–Kier alpha value is -0.520. The molecule has 2 atom stereocenters. The first-order valence-corrected chi connectivity index (χ1v) is 6.04. The fraction of sp³-hybridized carbons (Fsp3) is 0.846. The predicted molar refractivity (Wildman–Crippen MR) is 65.5 cm³/mol. The van der Waals surface area contributed by atoms with Gasteiger partial charge in [-0.3, -0.25) is 4.90 Å². The minimum atomic E-state index is 0.00449. The molecular formula is C13H24N2. The van der Waals surface area contributed by atoms with Crippen molar-refractivity contribution < 1.29 is 0 Å². The lowest BCUT2D eigenvalue weighted by Crippen LogP contribution is -2.52. The molecule has 0 aliphatic heterocycles. The van der Waals surface area contributed by atoms with Crippen LogP contribution in [0.5, 0.6) is 0 Å². The highest BCUT2D eigenvalue weighted by atomic mass is 15.1. The van der Waals surface area contributed by atoms with Crippen LogP contribution in [0.1, 0.15) is 39.5 Å². The Kier molecular flexibility index (Phi) is 4.63. The molecule has 1 aliphatic rings. The minimum absolute atomic E-state index is 0.00449. The average molecular weight is 208 g/mol. The van der Waals surface area contributed by atoms with E-state index in [2.05, 4.69) is 24.7 Å². The molecule has 0 radical (unpaired) electrons. The zero-order valence-corrected chi connectivity index (χ0v) is 10.1. The third-order valence-electron chi connectivity index (χ3n) is 3.43. The van der Waals surface area contributed by atoms with Gasteiger partial charge in [0.2, 0.25) is 0 Å². The van der Waals surface area contributed by atoms with Gasteiger partial charge in [-0.2, -0.15) is 0 Å². The molecule has 0 amide bonds. The highest BCUT2D eigenvalue weighted by Crippen LogP contribution is 2.30. The zero-order valence-electron chi connectivity index (χ0n) is 10.1. The Balaban J connectivity index is 2.50. The number of hydrogen-bond acceptors (Lipinski definition) is 2. The van der Waals surface area contributed by atoms with Crippen LogP contribution in [0.25, 0.3) is 0 Å². The molecule has 0 saturated heterocycles. The molecule has 0 aromatic rings. The number of nitrogens with zero attached hydrogens (tertiary/aromatic N) is 1. The van der Waals surface area contributed by atoms with Crippen molar-refractivity contribution in [2.24, 2.45) is 11.7 Å². The second-order valence-corrected chi connectivity index (χ2v) is 5.07. The maximum atomic E-state index is 6.45. The standard InChI is InChI=1S/C13H24N2/c1-4-9-15(5-2)11-13(14)8-6-7-12(3)10-13/h1,12H,5-11,14H2,2-3H3. The van der Waals surface area contributed by atoms with Gasteiger partial charge < -0.3 is 5.73 Å². The zero-order chi connectivity index (χ0) is 11.3. The number of terminal acetylenes is 1. The second-order valence-electron chi connectivity index (χ2n) is 5.07. The van der Waals surface area contributed by atoms with Crippen molar-refractivity contribution in [1.82, 2.24) is 4.90 Å². The van der Waals surface area contributed by atoms with Gasteiger partial charge in [0, 0.05) is 12.1 Å². The molecular weight excluding hydrogens is 184 g/mol. The van der Waals surface area contributed by atoms with Crippen LogP contribution in [-0.2, 0) is 0 Å². The van der Waals surface area contributed by atoms with Crippen molar-refractivity contribution in [2.75, 3.05) is 19.6 Å². The van der Waals surface area contributed by atoms with E-state index in [-0.39, 0.29) is 5.54 Å². The molecule has 2 heteroatoms. The maximum absolute atomic E-state index is 6.45. The first kappa shape index (κ1) is 12.5. The van der Waals surface area contributed by atoms with E-state index in [4.69, 9.17) is 12.2 Å². The van der Waals surface area contributed by atoms with E-state index >= 15 is 0 Å². The normalized spacial score (nSPS) is 31.5. The summed E-state index contributed by atoms with van der Waals surface area (Å²) >= 11 is 0. The molecule has 1 aliphatic carbocycles. The van der Waals surface area contributed by atoms with E-state index in [1.54, 1.807) is 0 Å². The Labute approximate surface area is 94.2 Å². The molecule has 86 valence electrons. The largest absolute Gasteiger partial charge is 0.324 e. The van der Waals surface area contributed by atoms with E-state index in [1.165, 1.54) is 12.8 Å². The SMILES string of the molecule is C#CCN(CC)CC1(N)CCCC(C)C1. The van der Waals surface area contributed by atoms with Crippen LogP contribution >= 0.6 is 0 Å². The van der Waals surface area contributed by atoms with E-state index in [0.29, 0.717) is 0 Å². The molecule has 1 rings (SSSR count). The third-order valence-corrected chi connectivity index (χ3v) is 3.43. The number of hydrogen-bond donors (Lipinski definition) is 1. The van der Waals surface area contributed by atoms with Gasteiger partial charge in [0.1, 0.15) is 0 Å². The van der Waals surface area contributed by atoms with Gasteiger partial charge in [0.25, 0.3) is 0 Å². The molecule has 1 fully saturated rings. The van der Waals surface area contributed by atoms with Gasteiger partial charge in [-0.15, -0.1) is 6.42 Å². The van der Waals surface area contributed by atoms with Gasteiger partial charge >= 0.3 is 0 Å². The maximum Gasteiger partial charge on any atom is 0.0599 e. The highest BCUT2D eigenvalue weighted by molar-refractivity contribution is 4.95. The molecule has 2 nitrogen and oxygen atoms in total. The quantitative estimate of drug-likeness (QED) is 0.714. The van der Waals surface area contributed by atoms with Crippen LogP contribution in [0.2, 0.25) is 0 Å². The summed E-state index contributed by atoms with van der Waals surface area (Å²) < 4.78 is 0. The molecule has 1 saturated carbocycles. The lowest BCUT2D eigenvalue weighted by molar-refractivity contribution is 0.165. The summed E-state index contributed by atoms with van der Waals surface area (Å²) in [5.41, 5.74) is 6.45. The average Bonchev–Trinajstić information content (AvgIpc) is 2.16. The van der Waals surface area contributed by atoms with Crippen LogP contribution in [0.3, 0.4) is 0 Å². The van der Waals surface area contributed by atoms with Crippen LogP contribution in [0.4, 0.5) is 0 Å². The van der Waals surface area contributed by atoms with Crippen molar-refractivity contribution in [3.63, 3.8) is 0 Å². The van der Waals surface area contributed by atoms with E-state index in [0.717, 1.165) is 38.4 Å². The van der Waals surface area contributed by atoms with E-state index in [1.807, 2.05) is 0 Å². The molecule has 15 heavy (non-hydrogen) atoms. The molecule has 0 aromatic carbocycles. The Morgan fingerprint density at radius 2 is 2.33 bits per heavy atom. The summed E-state index contributed by atoms with van der Waals surface area (Å²) in [6.45, 7) is 7.13. The first-order valence-electron chi connectivity index (χ1n) is 6.04. The monoisotopic (exact) mass is 208 g/mol. The summed E-state index contributed by atoms with van der Waals surface area (Å²) in [5, 5.41) is 0. The van der Waals surface area contributed by atoms with Gasteiger partial charge in [-0.1, -0.05) is 32.6 Å². The predicted octanol–water partition coefficient (Wildman–Crippen LogP) is 1.85. The first-order chi connectivity index (χ1) is 7.09. The van der Waals surface area contributed by atoms with Gasteiger partial charge in [-0.25, -0.2) is 0 Å². The van der Waals surface area contributed by atoms with Crippen molar-refractivity contribution in [3.05, 3.63) is 0 Å². The summed E-state index contributed by atoms with van der Waals surface area (Å²) in [6.07, 6.45) is 10.2. The van der Waals surface area contributed by atoms with Crippen LogP contribution in [-0.4, -0.2) is 30.1 Å². The fourth-order valence-electron chi connectivity index (χ4n) is 2.70. The van der Waals surface area contributed by atoms with Gasteiger partial charge in [0.05, 0.1) is 6.54 Å². The third kappa shape index (κ3) is 3.85. The smallest absolute Gasteiger partial charge is 0.0599 e. The van der Waals surface area contributed by atoms with E-state index in [9.17, 15) is 0 Å². The van der Waals surface area contributed by atoms with E-state index < -0.39 is 0 Å². The molecule has 0 heterocycles. The lowest BCUT2D eigenvalue weighted by atomic mass is 9.77. The second kappa shape index (κ2) is 5.53. The Bertz CT molecular complexity index is 231. The summed E-state index contributed by atoms with van der Waals surface area (Å²) in [7, 11) is 0. The van der Waals surface area contributed by atoms with Crippen molar-refractivity contribution >= 4 is 0 Å². The molecule has 0 spiro atoms. The van der Waals surface area contributed by atoms with Crippen molar-refractivity contribution in [2.45, 2.75) is 45.1 Å². The van der Waals surface area contributed by atoms with Crippen LogP contribution in [0.15, 0.2) is 0 Å². The van der Waals surface area contributed by atoms with Gasteiger partial charge in [-0.05, 0) is 25.3 Å². The summed E-state index contributed by atoms with van der Waals surface area (Å²) in [5.74, 6) is 3.48. The molecule has 2 unspecified atom stereocenters.